The van der Waals surface area contributed by atoms with Crippen molar-refractivity contribution in [2.45, 2.75) is 32.7 Å². The van der Waals surface area contributed by atoms with E-state index in [0.29, 0.717) is 28.6 Å². The summed E-state index contributed by atoms with van der Waals surface area (Å²) in [5.41, 5.74) is 1.97. The molecule has 1 N–H and O–H groups in total. The molecule has 0 aliphatic rings. The van der Waals surface area contributed by atoms with E-state index in [4.69, 9.17) is 18.7 Å². The van der Waals surface area contributed by atoms with E-state index in [1.807, 2.05) is 24.3 Å². The zero-order valence-electron chi connectivity index (χ0n) is 18.4. The number of nitrogens with one attached hydrogen (secondary N) is 1. The van der Waals surface area contributed by atoms with Crippen molar-refractivity contribution in [3.8, 4) is 28.6 Å². The maximum atomic E-state index is 12.1. The predicted octanol–water partition coefficient (Wildman–Crippen LogP) is 3.75. The van der Waals surface area contributed by atoms with Crippen LogP contribution in [0, 0.1) is 0 Å². The van der Waals surface area contributed by atoms with E-state index in [1.54, 1.807) is 32.4 Å². The van der Waals surface area contributed by atoms with Gasteiger partial charge in [-0.15, -0.1) is 0 Å². The van der Waals surface area contributed by atoms with E-state index in [0.717, 1.165) is 0 Å². The number of ether oxygens (including phenoxy) is 3. The molecule has 0 aliphatic carbocycles. The highest BCUT2D eigenvalue weighted by Gasteiger charge is 2.14. The van der Waals surface area contributed by atoms with Crippen LogP contribution < -0.4 is 19.5 Å². The zero-order valence-corrected chi connectivity index (χ0v) is 18.4. The van der Waals surface area contributed by atoms with Crippen molar-refractivity contribution in [1.29, 1.82) is 0 Å². The average Bonchev–Trinajstić information content (AvgIpc) is 3.24. The third-order valence-corrected chi connectivity index (χ3v) is 4.64. The van der Waals surface area contributed by atoms with Crippen LogP contribution in [0.5, 0.6) is 17.2 Å². The van der Waals surface area contributed by atoms with Gasteiger partial charge >= 0.3 is 0 Å². The summed E-state index contributed by atoms with van der Waals surface area (Å²) in [5, 5.41) is 6.66. The molecule has 1 heterocycles. The van der Waals surface area contributed by atoms with Gasteiger partial charge in [0.05, 0.1) is 20.8 Å². The molecule has 0 saturated heterocycles. The average molecular weight is 425 g/mol. The van der Waals surface area contributed by atoms with Gasteiger partial charge in [-0.25, -0.2) is 0 Å². The molecule has 0 bridgehead atoms. The van der Waals surface area contributed by atoms with Gasteiger partial charge in [0, 0.05) is 5.56 Å². The van der Waals surface area contributed by atoms with Gasteiger partial charge in [-0.05, 0) is 41.3 Å². The van der Waals surface area contributed by atoms with E-state index in [9.17, 15) is 4.79 Å². The molecule has 3 aromatic rings. The fourth-order valence-corrected chi connectivity index (χ4v) is 2.84. The first-order valence-electron chi connectivity index (χ1n) is 9.85. The number of nitrogens with zero attached hydrogens (tertiary/aromatic N) is 2. The maximum Gasteiger partial charge on any atom is 0.258 e. The highest BCUT2D eigenvalue weighted by Crippen LogP contribution is 2.31. The summed E-state index contributed by atoms with van der Waals surface area (Å²) in [4.78, 5) is 16.4. The predicted molar refractivity (Wildman–Crippen MR) is 115 cm³/mol. The fourth-order valence-electron chi connectivity index (χ4n) is 2.84. The van der Waals surface area contributed by atoms with Crippen LogP contribution >= 0.6 is 0 Å². The highest BCUT2D eigenvalue weighted by molar-refractivity contribution is 5.77. The number of hydrogen-bond donors (Lipinski definition) is 1. The van der Waals surface area contributed by atoms with Crippen LogP contribution in [0.25, 0.3) is 11.4 Å². The van der Waals surface area contributed by atoms with Crippen LogP contribution in [0.1, 0.15) is 32.2 Å². The van der Waals surface area contributed by atoms with Crippen molar-refractivity contribution < 1.29 is 23.5 Å². The fraction of sp³-hybridized carbons (Fsp3) is 0.348. The molecule has 0 saturated carbocycles. The molecule has 1 aromatic heterocycles. The molecule has 8 nitrogen and oxygen atoms in total. The third-order valence-electron chi connectivity index (χ3n) is 4.64. The van der Waals surface area contributed by atoms with Gasteiger partial charge in [-0.1, -0.05) is 38.1 Å². The van der Waals surface area contributed by atoms with Gasteiger partial charge in [-0.2, -0.15) is 4.98 Å². The minimum absolute atomic E-state index is 0.0653. The summed E-state index contributed by atoms with van der Waals surface area (Å²) in [5.74, 6) is 2.19. The molecule has 164 valence electrons. The minimum Gasteiger partial charge on any atom is -0.493 e. The first-order chi connectivity index (χ1) is 14.8. The second-order valence-electron chi connectivity index (χ2n) is 7.92. The maximum absolute atomic E-state index is 12.1. The Labute approximate surface area is 181 Å². The number of methoxy groups -OCH3 is 2. The topological polar surface area (TPSA) is 95.7 Å². The number of benzene rings is 2. The molecule has 8 heteroatoms. The molecule has 0 spiro atoms. The standard InChI is InChI=1S/C23H27N3O5/c1-23(2,3)16-7-9-17(10-8-16)30-14-20(27)24-13-21-25-22(26-31-21)15-6-11-18(28-4)19(12-15)29-5/h6-12H,13-14H2,1-5H3,(H,24,27). The van der Waals surface area contributed by atoms with Gasteiger partial charge in [0.2, 0.25) is 11.7 Å². The van der Waals surface area contributed by atoms with Gasteiger partial charge < -0.3 is 24.1 Å². The molecule has 31 heavy (non-hydrogen) atoms. The Hall–Kier alpha value is -3.55. The van der Waals surface area contributed by atoms with Crippen LogP contribution in [-0.2, 0) is 16.8 Å². The SMILES string of the molecule is COc1ccc(-c2noc(CNC(=O)COc3ccc(C(C)(C)C)cc3)n2)cc1OC. The first-order valence-corrected chi connectivity index (χ1v) is 9.85. The second-order valence-corrected chi connectivity index (χ2v) is 7.92. The number of carbonyl (C=O) groups excluding carboxylic acids is 1. The molecule has 0 aliphatic heterocycles. The third kappa shape index (κ3) is 5.75. The number of aromatic nitrogens is 2. The van der Waals surface area contributed by atoms with Gasteiger partial charge in [0.1, 0.15) is 5.75 Å². The molecular formula is C23H27N3O5. The van der Waals surface area contributed by atoms with Crippen molar-refractivity contribution in [2.24, 2.45) is 0 Å². The van der Waals surface area contributed by atoms with Gasteiger partial charge in [0.15, 0.2) is 18.1 Å². The minimum atomic E-state index is -0.286. The molecular weight excluding hydrogens is 398 g/mol. The molecule has 0 radical (unpaired) electrons. The van der Waals surface area contributed by atoms with Crippen LogP contribution in [0.3, 0.4) is 0 Å². The summed E-state index contributed by atoms with van der Waals surface area (Å²) >= 11 is 0. The number of rotatable bonds is 8. The normalized spacial score (nSPS) is 11.1. The lowest BCUT2D eigenvalue weighted by Gasteiger charge is -2.19. The summed E-state index contributed by atoms with van der Waals surface area (Å²) in [6.07, 6.45) is 0. The molecule has 1 amide bonds. The van der Waals surface area contributed by atoms with E-state index in [2.05, 4.69) is 36.2 Å². The second kappa shape index (κ2) is 9.51. The lowest BCUT2D eigenvalue weighted by Crippen LogP contribution is -2.28. The molecule has 0 atom stereocenters. The van der Waals surface area contributed by atoms with Crippen molar-refractivity contribution >= 4 is 5.91 Å². The number of amides is 1. The van der Waals surface area contributed by atoms with Crippen LogP contribution in [-0.4, -0.2) is 36.9 Å². The van der Waals surface area contributed by atoms with Crippen molar-refractivity contribution in [1.82, 2.24) is 15.5 Å². The Morgan fingerprint density at radius 2 is 1.74 bits per heavy atom. The van der Waals surface area contributed by atoms with Gasteiger partial charge in [0.25, 0.3) is 5.91 Å². The Morgan fingerprint density at radius 3 is 2.39 bits per heavy atom. The van der Waals surface area contributed by atoms with E-state index in [1.165, 1.54) is 5.56 Å². The summed E-state index contributed by atoms with van der Waals surface area (Å²) < 4.78 is 21.3. The summed E-state index contributed by atoms with van der Waals surface area (Å²) in [6, 6.07) is 13.0. The smallest absolute Gasteiger partial charge is 0.258 e. The van der Waals surface area contributed by atoms with Gasteiger partial charge in [-0.3, -0.25) is 4.79 Å². The summed E-state index contributed by atoms with van der Waals surface area (Å²) in [7, 11) is 3.12. The first kappa shape index (κ1) is 22.1. The monoisotopic (exact) mass is 425 g/mol. The molecule has 0 unspecified atom stereocenters. The molecule has 2 aromatic carbocycles. The number of carbonyl (C=O) groups is 1. The highest BCUT2D eigenvalue weighted by atomic mass is 16.5. The Kier molecular flexibility index (Phi) is 6.79. The Bertz CT molecular complexity index is 1020. The van der Waals surface area contributed by atoms with E-state index in [-0.39, 0.29) is 30.4 Å². The van der Waals surface area contributed by atoms with E-state index >= 15 is 0 Å². The molecule has 0 fully saturated rings. The van der Waals surface area contributed by atoms with Crippen molar-refractivity contribution in [2.75, 3.05) is 20.8 Å². The van der Waals surface area contributed by atoms with Crippen LogP contribution in [0.15, 0.2) is 47.0 Å². The molecule has 3 rings (SSSR count). The van der Waals surface area contributed by atoms with E-state index < -0.39 is 0 Å². The quantitative estimate of drug-likeness (QED) is 0.587. The van der Waals surface area contributed by atoms with Crippen molar-refractivity contribution in [3.05, 3.63) is 53.9 Å². The lowest BCUT2D eigenvalue weighted by atomic mass is 9.87. The zero-order chi connectivity index (χ0) is 22.4. The van der Waals surface area contributed by atoms with Crippen LogP contribution in [0.4, 0.5) is 0 Å². The lowest BCUT2D eigenvalue weighted by molar-refractivity contribution is -0.123. The Balaban J connectivity index is 1.52. The summed E-state index contributed by atoms with van der Waals surface area (Å²) in [6.45, 7) is 6.43. The largest absolute Gasteiger partial charge is 0.493 e. The van der Waals surface area contributed by atoms with Crippen LogP contribution in [0.2, 0.25) is 0 Å². The number of hydrogen-bond acceptors (Lipinski definition) is 7. The van der Waals surface area contributed by atoms with Crippen molar-refractivity contribution in [3.63, 3.8) is 0 Å². The Morgan fingerprint density at radius 1 is 1.03 bits per heavy atom.